The van der Waals surface area contributed by atoms with Gasteiger partial charge in [-0.15, -0.1) is 0 Å². The highest BCUT2D eigenvalue weighted by atomic mass is 16.7. The van der Waals surface area contributed by atoms with Crippen molar-refractivity contribution in [2.45, 2.75) is 43.0 Å². The van der Waals surface area contributed by atoms with E-state index < -0.39 is 36.7 Å². The van der Waals surface area contributed by atoms with E-state index >= 15 is 0 Å². The summed E-state index contributed by atoms with van der Waals surface area (Å²) >= 11 is 0. The van der Waals surface area contributed by atoms with E-state index in [1.165, 1.54) is 0 Å². The summed E-state index contributed by atoms with van der Waals surface area (Å²) in [6.07, 6.45) is -7.63. The summed E-state index contributed by atoms with van der Waals surface area (Å²) in [4.78, 5) is 11.2. The SMILES string of the molecule is O=C(O)C1O[C@@H](Oc2ccc3c(c2)OCC(c2ccc(O)cc2)C3)C(O)[C@H](O)[C@@H]1O. The molecule has 5 N–H and O–H groups in total. The topological polar surface area (TPSA) is 146 Å². The predicted octanol–water partition coefficient (Wildman–Crippen LogP) is 0.382. The van der Waals surface area contributed by atoms with Crippen LogP contribution in [0.25, 0.3) is 0 Å². The Bertz CT molecular complexity index is 913. The van der Waals surface area contributed by atoms with Gasteiger partial charge in [-0.25, -0.2) is 4.79 Å². The minimum Gasteiger partial charge on any atom is -0.508 e. The first-order valence-electron chi connectivity index (χ1n) is 9.47. The van der Waals surface area contributed by atoms with E-state index in [-0.39, 0.29) is 17.4 Å². The van der Waals surface area contributed by atoms with Gasteiger partial charge in [0, 0.05) is 12.0 Å². The van der Waals surface area contributed by atoms with E-state index in [0.29, 0.717) is 12.4 Å². The second kappa shape index (κ2) is 8.11. The molecular weight excluding hydrogens is 396 g/mol. The van der Waals surface area contributed by atoms with Crippen molar-refractivity contribution >= 4 is 5.97 Å². The number of rotatable bonds is 4. The standard InChI is InChI=1S/C21H22O9/c22-13-4-1-10(2-5-13)12-7-11-3-6-14(8-15(11)28-9-12)29-21-18(25)16(23)17(24)19(30-21)20(26)27/h1-6,8,12,16-19,21-25H,7,9H2,(H,26,27)/t12?,16-,17+,18?,19?,21-/m1/s1. The molecule has 0 spiro atoms. The highest BCUT2D eigenvalue weighted by molar-refractivity contribution is 5.73. The molecule has 0 amide bonds. The number of benzene rings is 2. The third-order valence-electron chi connectivity index (χ3n) is 5.37. The Kier molecular flexibility index (Phi) is 5.52. The molecule has 0 aliphatic carbocycles. The van der Waals surface area contributed by atoms with Gasteiger partial charge in [-0.1, -0.05) is 18.2 Å². The Morgan fingerprint density at radius 3 is 2.43 bits per heavy atom. The lowest BCUT2D eigenvalue weighted by Crippen LogP contribution is -2.61. The van der Waals surface area contributed by atoms with Crippen LogP contribution in [0.4, 0.5) is 0 Å². The van der Waals surface area contributed by atoms with Crippen LogP contribution in [0.3, 0.4) is 0 Å². The van der Waals surface area contributed by atoms with Gasteiger partial charge in [0.1, 0.15) is 35.6 Å². The molecule has 2 aliphatic rings. The van der Waals surface area contributed by atoms with Crippen LogP contribution in [0.15, 0.2) is 42.5 Å². The van der Waals surface area contributed by atoms with Crippen molar-refractivity contribution in [2.75, 3.05) is 6.61 Å². The van der Waals surface area contributed by atoms with Crippen molar-refractivity contribution in [1.29, 1.82) is 0 Å². The molecule has 6 atom stereocenters. The summed E-state index contributed by atoms with van der Waals surface area (Å²) < 4.78 is 16.5. The molecule has 0 radical (unpaired) electrons. The molecule has 9 heteroatoms. The number of carboxylic acid groups (broad SMARTS) is 1. The Morgan fingerprint density at radius 1 is 1.00 bits per heavy atom. The number of aliphatic carboxylic acids is 1. The summed E-state index contributed by atoms with van der Waals surface area (Å²) in [6.45, 7) is 0.426. The molecule has 0 bridgehead atoms. The molecule has 1 fully saturated rings. The van der Waals surface area contributed by atoms with Gasteiger partial charge in [-0.3, -0.25) is 0 Å². The van der Waals surface area contributed by atoms with Gasteiger partial charge in [-0.2, -0.15) is 0 Å². The zero-order valence-corrected chi connectivity index (χ0v) is 15.8. The fourth-order valence-electron chi connectivity index (χ4n) is 3.67. The normalized spacial score (nSPS) is 30.8. The van der Waals surface area contributed by atoms with Crippen LogP contribution in [0, 0.1) is 0 Å². The maximum Gasteiger partial charge on any atom is 0.335 e. The Morgan fingerprint density at radius 2 is 1.73 bits per heavy atom. The summed E-state index contributed by atoms with van der Waals surface area (Å²) in [5.41, 5.74) is 1.99. The second-order valence-corrected chi connectivity index (χ2v) is 7.43. The highest BCUT2D eigenvalue weighted by Gasteiger charge is 2.48. The van der Waals surface area contributed by atoms with Crippen LogP contribution >= 0.6 is 0 Å². The molecule has 30 heavy (non-hydrogen) atoms. The first-order chi connectivity index (χ1) is 14.3. The zero-order valence-electron chi connectivity index (χ0n) is 15.8. The van der Waals surface area contributed by atoms with Crippen LogP contribution in [-0.4, -0.2) is 68.8 Å². The summed E-state index contributed by atoms with van der Waals surface area (Å²) in [7, 11) is 0. The van der Waals surface area contributed by atoms with Crippen molar-refractivity contribution in [2.24, 2.45) is 0 Å². The summed E-state index contributed by atoms with van der Waals surface area (Å²) in [5, 5.41) is 48.3. The second-order valence-electron chi connectivity index (χ2n) is 7.43. The molecule has 3 unspecified atom stereocenters. The Balaban J connectivity index is 1.47. The minimum atomic E-state index is -1.78. The number of hydrogen-bond donors (Lipinski definition) is 5. The molecule has 1 saturated heterocycles. The number of hydrogen-bond acceptors (Lipinski definition) is 8. The van der Waals surface area contributed by atoms with Crippen molar-refractivity contribution < 1.29 is 44.5 Å². The summed E-state index contributed by atoms with van der Waals surface area (Å²) in [5.74, 6) is -0.304. The third-order valence-corrected chi connectivity index (χ3v) is 5.37. The van der Waals surface area contributed by atoms with Crippen molar-refractivity contribution in [3.63, 3.8) is 0 Å². The number of aromatic hydroxyl groups is 1. The fraction of sp³-hybridized carbons (Fsp3) is 0.381. The average Bonchev–Trinajstić information content (AvgIpc) is 2.74. The number of carboxylic acids is 1. The molecule has 9 nitrogen and oxygen atoms in total. The molecular formula is C21H22O9. The molecule has 2 aliphatic heterocycles. The van der Waals surface area contributed by atoms with Crippen molar-refractivity contribution in [1.82, 2.24) is 0 Å². The van der Waals surface area contributed by atoms with Gasteiger partial charge in [-0.05, 0) is 35.7 Å². The van der Waals surface area contributed by atoms with Gasteiger partial charge in [0.2, 0.25) is 6.29 Å². The number of aliphatic hydroxyl groups excluding tert-OH is 3. The predicted molar refractivity (Wildman–Crippen MR) is 101 cm³/mol. The maximum absolute atomic E-state index is 11.2. The van der Waals surface area contributed by atoms with Crippen LogP contribution in [0.5, 0.6) is 17.2 Å². The molecule has 2 aromatic carbocycles. The Hall–Kier alpha value is -2.85. The quantitative estimate of drug-likeness (QED) is 0.476. The number of fused-ring (bicyclic) bond motifs is 1. The van der Waals surface area contributed by atoms with Crippen molar-refractivity contribution in [3.8, 4) is 17.2 Å². The lowest BCUT2D eigenvalue weighted by Gasteiger charge is -2.38. The number of aliphatic hydroxyl groups is 3. The average molecular weight is 418 g/mol. The van der Waals surface area contributed by atoms with E-state index in [2.05, 4.69) is 0 Å². The lowest BCUT2D eigenvalue weighted by molar-refractivity contribution is -0.271. The number of carbonyl (C=O) groups is 1. The van der Waals surface area contributed by atoms with Gasteiger partial charge < -0.3 is 39.7 Å². The fourth-order valence-corrected chi connectivity index (χ4v) is 3.67. The Labute approximate surface area is 171 Å². The molecule has 2 aromatic rings. The monoisotopic (exact) mass is 418 g/mol. The van der Waals surface area contributed by atoms with Gasteiger partial charge in [0.25, 0.3) is 0 Å². The first kappa shape index (κ1) is 20.4. The van der Waals surface area contributed by atoms with Crippen LogP contribution in [-0.2, 0) is 16.0 Å². The minimum absolute atomic E-state index is 0.126. The zero-order chi connectivity index (χ0) is 21.4. The van der Waals surface area contributed by atoms with Crippen LogP contribution in [0.2, 0.25) is 0 Å². The molecule has 160 valence electrons. The largest absolute Gasteiger partial charge is 0.508 e. The summed E-state index contributed by atoms with van der Waals surface area (Å²) in [6, 6.07) is 12.0. The smallest absolute Gasteiger partial charge is 0.335 e. The van der Waals surface area contributed by atoms with E-state index in [1.54, 1.807) is 30.3 Å². The molecule has 0 saturated carbocycles. The van der Waals surface area contributed by atoms with Crippen LogP contribution < -0.4 is 9.47 Å². The number of phenolic OH excluding ortho intramolecular Hbond substituents is 1. The van der Waals surface area contributed by atoms with E-state index in [0.717, 1.165) is 17.5 Å². The van der Waals surface area contributed by atoms with Gasteiger partial charge in [0.15, 0.2) is 6.10 Å². The van der Waals surface area contributed by atoms with Crippen LogP contribution in [0.1, 0.15) is 17.0 Å². The first-order valence-corrected chi connectivity index (χ1v) is 9.47. The van der Waals surface area contributed by atoms with E-state index in [4.69, 9.17) is 19.3 Å². The number of phenols is 1. The van der Waals surface area contributed by atoms with E-state index in [1.807, 2.05) is 12.1 Å². The maximum atomic E-state index is 11.2. The van der Waals surface area contributed by atoms with Gasteiger partial charge in [0.05, 0.1) is 6.61 Å². The van der Waals surface area contributed by atoms with E-state index in [9.17, 15) is 25.2 Å². The molecule has 2 heterocycles. The lowest BCUT2D eigenvalue weighted by atomic mass is 9.90. The third kappa shape index (κ3) is 3.92. The highest BCUT2D eigenvalue weighted by Crippen LogP contribution is 2.36. The molecule has 4 rings (SSSR count). The number of ether oxygens (including phenoxy) is 3. The van der Waals surface area contributed by atoms with Gasteiger partial charge >= 0.3 is 5.97 Å². The van der Waals surface area contributed by atoms with Crippen molar-refractivity contribution in [3.05, 3.63) is 53.6 Å². The molecule has 0 aromatic heterocycles.